The van der Waals surface area contributed by atoms with E-state index in [1.54, 1.807) is 18.3 Å². The third kappa shape index (κ3) is 2.81. The summed E-state index contributed by atoms with van der Waals surface area (Å²) in [4.78, 5) is 14.7. The second kappa shape index (κ2) is 5.55. The predicted octanol–water partition coefficient (Wildman–Crippen LogP) is 0.881. The largest absolute Gasteiger partial charge is 0.508 e. The highest BCUT2D eigenvalue weighted by atomic mass is 16.3. The normalized spacial score (nSPS) is 10.7. The molecule has 0 aliphatic rings. The average molecular weight is 247 g/mol. The second-order valence-electron chi connectivity index (χ2n) is 4.21. The molecule has 1 aromatic heterocycles. The minimum absolute atomic E-state index is 0.0163. The van der Waals surface area contributed by atoms with E-state index in [0.717, 1.165) is 22.9 Å². The molecule has 0 atom stereocenters. The number of carbonyl (C=O) groups is 1. The van der Waals surface area contributed by atoms with Crippen molar-refractivity contribution in [2.24, 2.45) is 5.73 Å². The Hall–Kier alpha value is -2.01. The fraction of sp³-hybridized carbons (Fsp3) is 0.308. The molecule has 5 nitrogen and oxygen atoms in total. The number of aromatic hydroxyl groups is 1. The minimum atomic E-state index is -0.0163. The van der Waals surface area contributed by atoms with Crippen LogP contribution in [0.2, 0.25) is 0 Å². The molecule has 0 saturated carbocycles. The van der Waals surface area contributed by atoms with Crippen LogP contribution in [0.3, 0.4) is 0 Å². The van der Waals surface area contributed by atoms with Gasteiger partial charge in [-0.15, -0.1) is 0 Å². The van der Waals surface area contributed by atoms with E-state index in [9.17, 15) is 9.90 Å². The highest BCUT2D eigenvalue weighted by Crippen LogP contribution is 2.22. The van der Waals surface area contributed by atoms with Crippen molar-refractivity contribution in [2.45, 2.75) is 12.8 Å². The van der Waals surface area contributed by atoms with Crippen molar-refractivity contribution < 1.29 is 9.90 Å². The van der Waals surface area contributed by atoms with Crippen molar-refractivity contribution in [3.63, 3.8) is 0 Å². The number of hydrogen-bond acceptors (Lipinski definition) is 3. The van der Waals surface area contributed by atoms with Gasteiger partial charge in [0.25, 0.3) is 0 Å². The quantitative estimate of drug-likeness (QED) is 0.591. The van der Waals surface area contributed by atoms with E-state index in [0.29, 0.717) is 19.5 Å². The van der Waals surface area contributed by atoms with Crippen molar-refractivity contribution in [1.29, 1.82) is 0 Å². The first kappa shape index (κ1) is 12.4. The average Bonchev–Trinajstić information content (AvgIpc) is 2.72. The Morgan fingerprint density at radius 3 is 3.06 bits per heavy atom. The van der Waals surface area contributed by atoms with Gasteiger partial charge in [-0.3, -0.25) is 4.79 Å². The Balaban J connectivity index is 2.05. The molecule has 0 saturated heterocycles. The van der Waals surface area contributed by atoms with Crippen LogP contribution in [0.5, 0.6) is 5.75 Å². The van der Waals surface area contributed by atoms with Crippen LogP contribution in [0.15, 0.2) is 24.4 Å². The third-order valence-corrected chi connectivity index (χ3v) is 2.81. The zero-order valence-electron chi connectivity index (χ0n) is 10.1. The number of phenols is 1. The maximum Gasteiger partial charge on any atom is 0.224 e. The van der Waals surface area contributed by atoms with Gasteiger partial charge in [0.05, 0.1) is 6.42 Å². The SMILES string of the molecule is NCCCNC(=O)Cc1c[nH]c2cc(O)ccc12. The molecule has 0 bridgehead atoms. The fourth-order valence-electron chi connectivity index (χ4n) is 1.89. The number of rotatable bonds is 5. The lowest BCUT2D eigenvalue weighted by molar-refractivity contribution is -0.120. The van der Waals surface area contributed by atoms with Crippen molar-refractivity contribution in [3.05, 3.63) is 30.0 Å². The predicted molar refractivity (Wildman–Crippen MR) is 70.3 cm³/mol. The van der Waals surface area contributed by atoms with Crippen molar-refractivity contribution in [3.8, 4) is 5.75 Å². The Morgan fingerprint density at radius 1 is 1.44 bits per heavy atom. The highest BCUT2D eigenvalue weighted by molar-refractivity contribution is 5.89. The molecule has 1 heterocycles. The Kier molecular flexibility index (Phi) is 3.84. The van der Waals surface area contributed by atoms with Crippen LogP contribution < -0.4 is 11.1 Å². The number of H-pyrrole nitrogens is 1. The zero-order chi connectivity index (χ0) is 13.0. The minimum Gasteiger partial charge on any atom is -0.508 e. The van der Waals surface area contributed by atoms with E-state index in [1.807, 2.05) is 6.07 Å². The molecule has 1 amide bonds. The van der Waals surface area contributed by atoms with Crippen molar-refractivity contribution >= 4 is 16.8 Å². The number of benzene rings is 1. The first-order valence-corrected chi connectivity index (χ1v) is 5.96. The summed E-state index contributed by atoms with van der Waals surface area (Å²) < 4.78 is 0. The molecular formula is C13H17N3O2. The summed E-state index contributed by atoms with van der Waals surface area (Å²) in [5, 5.41) is 13.1. The number of nitrogens with two attached hydrogens (primary N) is 1. The molecule has 5 heteroatoms. The number of fused-ring (bicyclic) bond motifs is 1. The van der Waals surface area contributed by atoms with Crippen LogP contribution in [0.4, 0.5) is 0 Å². The van der Waals surface area contributed by atoms with Crippen LogP contribution in [0.1, 0.15) is 12.0 Å². The highest BCUT2D eigenvalue weighted by Gasteiger charge is 2.08. The zero-order valence-corrected chi connectivity index (χ0v) is 10.1. The number of carbonyl (C=O) groups excluding carboxylic acids is 1. The van der Waals surface area contributed by atoms with Gasteiger partial charge in [0.1, 0.15) is 5.75 Å². The second-order valence-corrected chi connectivity index (χ2v) is 4.21. The lowest BCUT2D eigenvalue weighted by Crippen LogP contribution is -2.27. The molecule has 96 valence electrons. The Bertz CT molecular complexity index is 548. The number of aromatic nitrogens is 1. The first-order chi connectivity index (χ1) is 8.70. The van der Waals surface area contributed by atoms with E-state index in [4.69, 9.17) is 5.73 Å². The lowest BCUT2D eigenvalue weighted by atomic mass is 10.1. The molecule has 5 N–H and O–H groups in total. The molecule has 0 unspecified atom stereocenters. The molecule has 18 heavy (non-hydrogen) atoms. The molecular weight excluding hydrogens is 230 g/mol. The third-order valence-electron chi connectivity index (χ3n) is 2.81. The standard InChI is InChI=1S/C13H17N3O2/c14-4-1-5-15-13(18)6-9-8-16-12-7-10(17)2-3-11(9)12/h2-3,7-8,16-17H,1,4-6,14H2,(H,15,18). The number of hydrogen-bond donors (Lipinski definition) is 4. The van der Waals surface area contributed by atoms with Gasteiger partial charge in [0, 0.05) is 29.7 Å². The van der Waals surface area contributed by atoms with Crippen LogP contribution >= 0.6 is 0 Å². The molecule has 2 aromatic rings. The Labute approximate surface area is 105 Å². The molecule has 0 aliphatic carbocycles. The summed E-state index contributed by atoms with van der Waals surface area (Å²) >= 11 is 0. The number of amides is 1. The molecule has 0 aliphatic heterocycles. The van der Waals surface area contributed by atoms with E-state index in [-0.39, 0.29) is 11.7 Å². The van der Waals surface area contributed by atoms with E-state index >= 15 is 0 Å². The monoisotopic (exact) mass is 247 g/mol. The van der Waals surface area contributed by atoms with Gasteiger partial charge >= 0.3 is 0 Å². The summed E-state index contributed by atoms with van der Waals surface area (Å²) in [5.41, 5.74) is 7.12. The van der Waals surface area contributed by atoms with Gasteiger partial charge in [-0.25, -0.2) is 0 Å². The van der Waals surface area contributed by atoms with E-state index in [2.05, 4.69) is 10.3 Å². The maximum absolute atomic E-state index is 11.7. The van der Waals surface area contributed by atoms with Gasteiger partial charge < -0.3 is 21.1 Å². The molecule has 0 radical (unpaired) electrons. The van der Waals surface area contributed by atoms with Crippen LogP contribution in [-0.4, -0.2) is 29.1 Å². The molecule has 2 rings (SSSR count). The van der Waals surface area contributed by atoms with E-state index in [1.165, 1.54) is 0 Å². The van der Waals surface area contributed by atoms with Gasteiger partial charge in [0.15, 0.2) is 0 Å². The summed E-state index contributed by atoms with van der Waals surface area (Å²) in [5.74, 6) is 0.195. The molecule has 0 spiro atoms. The summed E-state index contributed by atoms with van der Waals surface area (Å²) in [6.07, 6.45) is 2.91. The van der Waals surface area contributed by atoms with E-state index < -0.39 is 0 Å². The summed E-state index contributed by atoms with van der Waals surface area (Å²) in [6, 6.07) is 5.07. The Morgan fingerprint density at radius 2 is 2.28 bits per heavy atom. The van der Waals surface area contributed by atoms with Gasteiger partial charge in [-0.05, 0) is 30.7 Å². The smallest absolute Gasteiger partial charge is 0.224 e. The maximum atomic E-state index is 11.7. The van der Waals surface area contributed by atoms with Crippen LogP contribution in [0, 0.1) is 0 Å². The molecule has 1 aromatic carbocycles. The van der Waals surface area contributed by atoms with Crippen LogP contribution in [-0.2, 0) is 11.2 Å². The van der Waals surface area contributed by atoms with Gasteiger partial charge in [-0.2, -0.15) is 0 Å². The number of aromatic amines is 1. The first-order valence-electron chi connectivity index (χ1n) is 5.96. The van der Waals surface area contributed by atoms with Crippen molar-refractivity contribution in [1.82, 2.24) is 10.3 Å². The fourth-order valence-corrected chi connectivity index (χ4v) is 1.89. The van der Waals surface area contributed by atoms with Gasteiger partial charge in [0.2, 0.25) is 5.91 Å². The number of phenolic OH excluding ortho intramolecular Hbond substituents is 1. The lowest BCUT2D eigenvalue weighted by Gasteiger charge is -2.03. The van der Waals surface area contributed by atoms with Crippen LogP contribution in [0.25, 0.3) is 10.9 Å². The topological polar surface area (TPSA) is 91.1 Å². The number of nitrogens with one attached hydrogen (secondary N) is 2. The van der Waals surface area contributed by atoms with Crippen molar-refractivity contribution in [2.75, 3.05) is 13.1 Å². The van der Waals surface area contributed by atoms with Gasteiger partial charge in [-0.1, -0.05) is 0 Å². The molecule has 0 fully saturated rings. The summed E-state index contributed by atoms with van der Waals surface area (Å²) in [7, 11) is 0. The summed E-state index contributed by atoms with van der Waals surface area (Å²) in [6.45, 7) is 1.19.